The molecular formula is C30H65BNaO19S. The Morgan fingerprint density at radius 3 is 1.13 bits per heavy atom. The van der Waals surface area contributed by atoms with Gasteiger partial charge in [0.25, 0.3) is 0 Å². The number of hydrogen-bond donors (Lipinski definition) is 9. The van der Waals surface area contributed by atoms with E-state index in [1.54, 1.807) is 41.5 Å². The van der Waals surface area contributed by atoms with Crippen LogP contribution >= 0.6 is 0 Å². The Bertz CT molecular complexity index is 866. The molecule has 0 amide bonds. The Labute approximate surface area is 334 Å². The number of cyclic esters (lactones) is 2. The second-order valence-electron chi connectivity index (χ2n) is 10.2. The molecule has 0 aliphatic carbocycles. The molecule has 0 unspecified atom stereocenters. The normalized spacial score (nSPS) is 16.5. The predicted molar refractivity (Wildman–Crippen MR) is 187 cm³/mol. The summed E-state index contributed by atoms with van der Waals surface area (Å²) in [6.45, 7) is 16.4. The van der Waals surface area contributed by atoms with Gasteiger partial charge in [0.1, 0.15) is 12.2 Å². The largest absolute Gasteiger partial charge is 1.00 e. The Morgan fingerprint density at radius 1 is 0.731 bits per heavy atom. The van der Waals surface area contributed by atoms with Gasteiger partial charge in [0.15, 0.2) is 0 Å². The summed E-state index contributed by atoms with van der Waals surface area (Å²) >= 11 is 0. The summed E-state index contributed by atoms with van der Waals surface area (Å²) < 4.78 is 49.8. The molecule has 0 bridgehead atoms. The average molecular weight is 796 g/mol. The minimum Gasteiger partial charge on any atom is -1.00 e. The van der Waals surface area contributed by atoms with Crippen LogP contribution in [0.15, 0.2) is 0 Å². The molecule has 19 nitrogen and oxygen atoms in total. The number of rotatable bonds is 10. The number of carbonyl (C=O) groups excluding carboxylic acids is 4. The number of aliphatic hydroxyl groups is 7. The first kappa shape index (κ1) is 68.5. The molecule has 6 atom stereocenters. The van der Waals surface area contributed by atoms with E-state index in [4.69, 9.17) is 58.0 Å². The first-order valence-electron chi connectivity index (χ1n) is 15.8. The minimum absolute atomic E-state index is 0. The van der Waals surface area contributed by atoms with Gasteiger partial charge in [-0.05, 0) is 68.7 Å². The monoisotopic (exact) mass is 795 g/mol. The van der Waals surface area contributed by atoms with Gasteiger partial charge in [0.2, 0.25) is 0 Å². The summed E-state index contributed by atoms with van der Waals surface area (Å²) in [7, 11) is -4.67. The van der Waals surface area contributed by atoms with Gasteiger partial charge in [-0.25, -0.2) is 0 Å². The van der Waals surface area contributed by atoms with Crippen LogP contribution in [0.3, 0.4) is 0 Å². The van der Waals surface area contributed by atoms with Crippen molar-refractivity contribution >= 4 is 42.7 Å². The summed E-state index contributed by atoms with van der Waals surface area (Å²) in [5.41, 5.74) is 0. The molecule has 9 N–H and O–H groups in total. The molecule has 0 saturated carbocycles. The smallest absolute Gasteiger partial charge is 1.00 e. The van der Waals surface area contributed by atoms with Crippen LogP contribution in [-0.4, -0.2) is 155 Å². The van der Waals surface area contributed by atoms with E-state index in [9.17, 15) is 19.2 Å². The van der Waals surface area contributed by atoms with Crippen LogP contribution in [0, 0.1) is 0 Å². The van der Waals surface area contributed by atoms with Crippen molar-refractivity contribution in [3.8, 4) is 0 Å². The molecule has 309 valence electrons. The van der Waals surface area contributed by atoms with Crippen molar-refractivity contribution in [3.05, 3.63) is 0 Å². The van der Waals surface area contributed by atoms with E-state index < -0.39 is 34.7 Å². The number of aliphatic hydroxyl groups excluding tert-OH is 7. The van der Waals surface area contributed by atoms with Crippen LogP contribution in [0.5, 0.6) is 0 Å². The summed E-state index contributed by atoms with van der Waals surface area (Å²) in [5.74, 6) is -0.900. The van der Waals surface area contributed by atoms with Gasteiger partial charge in [-0.1, -0.05) is 0 Å². The van der Waals surface area contributed by atoms with E-state index in [2.05, 4.69) is 14.2 Å². The topological polar surface area (TPSA) is 321 Å². The van der Waals surface area contributed by atoms with Gasteiger partial charge in [-0.15, -0.1) is 0 Å². The van der Waals surface area contributed by atoms with Crippen molar-refractivity contribution < 1.29 is 122 Å². The van der Waals surface area contributed by atoms with Gasteiger partial charge in [-0.2, -0.15) is 8.42 Å². The summed E-state index contributed by atoms with van der Waals surface area (Å²) in [6.07, 6.45) is 0.571. The zero-order chi connectivity index (χ0) is 40.9. The van der Waals surface area contributed by atoms with Gasteiger partial charge in [0.05, 0.1) is 63.3 Å². The van der Waals surface area contributed by atoms with Crippen molar-refractivity contribution in [1.29, 1.82) is 0 Å². The fraction of sp³-hybridized carbons (Fsp3) is 0.867. The van der Waals surface area contributed by atoms with Crippen molar-refractivity contribution in [1.82, 2.24) is 0 Å². The van der Waals surface area contributed by atoms with E-state index in [0.717, 1.165) is 0 Å². The minimum atomic E-state index is -4.67. The van der Waals surface area contributed by atoms with Crippen LogP contribution in [-0.2, 0) is 48.5 Å². The number of esters is 4. The molecule has 2 saturated heterocycles. The standard InChI is InChI=1S/C8H16O4.C6H12O3.2C4H6O2.C4H10O2.2C2H6O.B.Na.H2O4S.H/c1-6(9)3-4-12-8(11)5-7(2)10;1-3-9-6(8)4-5(2)7;2*1-3-2-4(5)6-3;1-4(6)2-3-5;2*1-2-3;;;1-5(2,3)4;/h6-7,9-10H,3-5H2,1-2H3;5,7H,3-4H2,1-2H3;2*3H,2H2,1H3;4-6H,2-3H2,1H3;2*3H,2H2,1H3;;;(H2,1,2,3,4);/q;;;;;;;;+1;;-1/t6-,7-;5-;2*3-;4-;;;;;;/m11111....../s1. The molecule has 2 aliphatic rings. The van der Waals surface area contributed by atoms with E-state index >= 15 is 0 Å². The number of ether oxygens (including phenoxy) is 4. The third-order valence-electron chi connectivity index (χ3n) is 4.15. The average Bonchev–Trinajstić information content (AvgIpc) is 2.88. The fourth-order valence-corrected chi connectivity index (χ4v) is 2.19. The van der Waals surface area contributed by atoms with Crippen molar-refractivity contribution in [3.63, 3.8) is 0 Å². The molecule has 0 aromatic heterocycles. The molecule has 2 heterocycles. The van der Waals surface area contributed by atoms with Gasteiger partial charge in [-0.3, -0.25) is 28.3 Å². The first-order valence-corrected chi connectivity index (χ1v) is 17.2. The van der Waals surface area contributed by atoms with E-state index in [1.165, 1.54) is 6.92 Å². The number of hydrogen-bond acceptors (Lipinski definition) is 17. The Hall–Kier alpha value is -1.47. The van der Waals surface area contributed by atoms with E-state index in [1.807, 2.05) is 13.8 Å². The summed E-state index contributed by atoms with van der Waals surface area (Å²) in [5, 5.41) is 57.8. The third kappa shape index (κ3) is 92.0. The van der Waals surface area contributed by atoms with Gasteiger partial charge < -0.3 is 56.1 Å². The maximum absolute atomic E-state index is 10.8. The molecule has 0 aromatic rings. The first-order chi connectivity index (χ1) is 22.9. The van der Waals surface area contributed by atoms with Crippen LogP contribution in [0.1, 0.15) is 102 Å². The van der Waals surface area contributed by atoms with E-state index in [0.29, 0.717) is 32.3 Å². The zero-order valence-electron chi connectivity index (χ0n) is 33.3. The molecule has 0 spiro atoms. The van der Waals surface area contributed by atoms with Gasteiger partial charge >= 0.3 is 63.8 Å². The Kier molecular flexibility index (Phi) is 62.7. The molecule has 2 rings (SSSR count). The van der Waals surface area contributed by atoms with Crippen LogP contribution in [0.25, 0.3) is 0 Å². The van der Waals surface area contributed by atoms with Crippen molar-refractivity contribution in [2.45, 2.75) is 137 Å². The van der Waals surface area contributed by atoms with Crippen molar-refractivity contribution in [2.75, 3.05) is 33.0 Å². The van der Waals surface area contributed by atoms with Crippen LogP contribution < -0.4 is 29.6 Å². The molecule has 3 radical (unpaired) electrons. The second kappa shape index (κ2) is 47.6. The molecule has 52 heavy (non-hydrogen) atoms. The maximum Gasteiger partial charge on any atom is 1.00 e. The van der Waals surface area contributed by atoms with Crippen LogP contribution in [0.2, 0.25) is 0 Å². The van der Waals surface area contributed by atoms with E-state index in [-0.39, 0.29) is 115 Å². The summed E-state index contributed by atoms with van der Waals surface area (Å²) in [4.78, 5) is 41.0. The third-order valence-corrected chi connectivity index (χ3v) is 4.15. The molecule has 22 heteroatoms. The van der Waals surface area contributed by atoms with Gasteiger partial charge in [0, 0.05) is 34.7 Å². The Balaban J connectivity index is -0.0000000613. The molecule has 0 aromatic carbocycles. The predicted octanol–water partition coefficient (Wildman–Crippen LogP) is -3.13. The van der Waals surface area contributed by atoms with Crippen molar-refractivity contribution in [2.24, 2.45) is 0 Å². The second-order valence-corrected chi connectivity index (χ2v) is 11.1. The SMILES string of the molecule is CCO.CCO.CCOC(=O)C[C@@H](C)O.C[C@@H](O)CCO.C[C@@H](O)CCOC(=O)C[C@@H](C)O.C[C@@H]1CC(=O)O1.C[C@@H]1CC(=O)O1.O=S(=O)(O)O.[B].[H-].[Na+]. The number of carbonyl (C=O) groups is 4. The van der Waals surface area contributed by atoms with Crippen LogP contribution in [0.4, 0.5) is 0 Å². The summed E-state index contributed by atoms with van der Waals surface area (Å²) in [6, 6.07) is 0. The molecule has 2 fully saturated rings. The quantitative estimate of drug-likeness (QED) is 0.0457. The Morgan fingerprint density at radius 2 is 1.00 bits per heavy atom. The maximum atomic E-state index is 10.8. The zero-order valence-corrected chi connectivity index (χ0v) is 35.2. The molecular weight excluding hydrogens is 730 g/mol. The molecule has 2 aliphatic heterocycles. The fourth-order valence-electron chi connectivity index (χ4n) is 2.19.